The van der Waals surface area contributed by atoms with Crippen LogP contribution < -0.4 is 4.90 Å². The van der Waals surface area contributed by atoms with E-state index in [1.54, 1.807) is 43.3 Å². The average Bonchev–Trinajstić information content (AvgIpc) is 2.49. The molecule has 0 bridgehead atoms. The molecule has 0 saturated heterocycles. The highest BCUT2D eigenvalue weighted by atomic mass is 16.4. The van der Waals surface area contributed by atoms with Crippen LogP contribution in [-0.4, -0.2) is 22.1 Å². The Balaban J connectivity index is 2.66. The fourth-order valence-corrected chi connectivity index (χ4v) is 2.06. The van der Waals surface area contributed by atoms with Gasteiger partial charge in [0, 0.05) is 6.42 Å². The maximum atomic E-state index is 12.3. The van der Waals surface area contributed by atoms with Gasteiger partial charge in [0.2, 0.25) is 5.91 Å². The highest BCUT2D eigenvalue weighted by Gasteiger charge is 2.23. The molecule has 0 atom stereocenters. The summed E-state index contributed by atoms with van der Waals surface area (Å²) >= 11 is 0. The minimum atomic E-state index is -1.13. The van der Waals surface area contributed by atoms with Crippen LogP contribution in [0.25, 0.3) is 0 Å². The Morgan fingerprint density at radius 2 is 1.57 bits per heavy atom. The van der Waals surface area contributed by atoms with Crippen LogP contribution in [0.1, 0.15) is 23.7 Å². The molecule has 0 aliphatic heterocycles. The minimum Gasteiger partial charge on any atom is -0.506 e. The molecular weight excluding hydrogens is 270 g/mol. The first-order valence-corrected chi connectivity index (χ1v) is 6.49. The lowest BCUT2D eigenvalue weighted by atomic mass is 10.1. The van der Waals surface area contributed by atoms with E-state index >= 15 is 0 Å². The molecule has 0 saturated carbocycles. The van der Waals surface area contributed by atoms with Crippen molar-refractivity contribution in [1.82, 2.24) is 0 Å². The van der Waals surface area contributed by atoms with E-state index in [-0.39, 0.29) is 35.0 Å². The lowest BCUT2D eigenvalue weighted by Gasteiger charge is -2.24. The van der Waals surface area contributed by atoms with Crippen molar-refractivity contribution in [3.05, 3.63) is 54.1 Å². The van der Waals surface area contributed by atoms with Gasteiger partial charge in [-0.15, -0.1) is 0 Å². The lowest BCUT2D eigenvalue weighted by molar-refractivity contribution is -0.117. The first-order chi connectivity index (χ1) is 10.1. The van der Waals surface area contributed by atoms with Crippen LogP contribution >= 0.6 is 0 Å². The molecule has 0 fully saturated rings. The maximum absolute atomic E-state index is 12.3. The number of phenols is 1. The van der Waals surface area contributed by atoms with Crippen molar-refractivity contribution in [2.45, 2.75) is 13.3 Å². The van der Waals surface area contributed by atoms with Crippen molar-refractivity contribution in [1.29, 1.82) is 0 Å². The van der Waals surface area contributed by atoms with Crippen LogP contribution in [0.3, 0.4) is 0 Å². The number of aromatic carboxylic acids is 1. The summed E-state index contributed by atoms with van der Waals surface area (Å²) in [6, 6.07) is 12.5. The van der Waals surface area contributed by atoms with Crippen LogP contribution in [0, 0.1) is 0 Å². The smallest absolute Gasteiger partial charge is 0.337 e. The van der Waals surface area contributed by atoms with Crippen LogP contribution in [0.15, 0.2) is 48.5 Å². The standard InChI is InChI=1S/C16H15NO4/c1-2-15(19)17(13-9-5-6-10-14(13)18)12-8-4-3-7-11(12)16(20)21/h3-10,18H,2H2,1H3,(H,20,21). The molecule has 2 aromatic rings. The molecule has 0 aromatic heterocycles. The molecule has 2 N–H and O–H groups in total. The highest BCUT2D eigenvalue weighted by Crippen LogP contribution is 2.35. The zero-order valence-electron chi connectivity index (χ0n) is 11.5. The number of carboxylic acid groups (broad SMARTS) is 1. The van der Waals surface area contributed by atoms with Gasteiger partial charge in [0.1, 0.15) is 5.75 Å². The van der Waals surface area contributed by atoms with Crippen LogP contribution in [0.5, 0.6) is 5.75 Å². The number of carbonyl (C=O) groups is 2. The molecule has 5 heteroatoms. The molecule has 0 heterocycles. The highest BCUT2D eigenvalue weighted by molar-refractivity contribution is 6.07. The number of phenolic OH excluding ortho intramolecular Hbond substituents is 1. The SMILES string of the molecule is CCC(=O)N(c1ccccc1O)c1ccccc1C(=O)O. The number of para-hydroxylation sites is 3. The van der Waals surface area contributed by atoms with Crippen molar-refractivity contribution in [3.8, 4) is 5.75 Å². The van der Waals surface area contributed by atoms with Gasteiger partial charge in [-0.1, -0.05) is 31.2 Å². The average molecular weight is 285 g/mol. The van der Waals surface area contributed by atoms with Gasteiger partial charge in [0.15, 0.2) is 0 Å². The number of anilines is 2. The first-order valence-electron chi connectivity index (χ1n) is 6.49. The summed E-state index contributed by atoms with van der Waals surface area (Å²) in [7, 11) is 0. The summed E-state index contributed by atoms with van der Waals surface area (Å²) in [5.74, 6) is -1.51. The van der Waals surface area contributed by atoms with E-state index < -0.39 is 5.97 Å². The second-order valence-electron chi connectivity index (χ2n) is 4.39. The Morgan fingerprint density at radius 3 is 2.14 bits per heavy atom. The molecule has 1 amide bonds. The quantitative estimate of drug-likeness (QED) is 0.904. The topological polar surface area (TPSA) is 77.8 Å². The number of hydrogen-bond acceptors (Lipinski definition) is 3. The molecule has 0 radical (unpaired) electrons. The summed E-state index contributed by atoms with van der Waals surface area (Å²) < 4.78 is 0. The predicted octanol–water partition coefficient (Wildman–Crippen LogP) is 3.17. The van der Waals surface area contributed by atoms with Crippen LogP contribution in [-0.2, 0) is 4.79 Å². The van der Waals surface area contributed by atoms with Gasteiger partial charge in [0.25, 0.3) is 0 Å². The van der Waals surface area contributed by atoms with Gasteiger partial charge in [0.05, 0.1) is 16.9 Å². The summed E-state index contributed by atoms with van der Waals surface area (Å²) in [5.41, 5.74) is 0.499. The molecular formula is C16H15NO4. The number of carbonyl (C=O) groups excluding carboxylic acids is 1. The number of nitrogens with zero attached hydrogens (tertiary/aromatic N) is 1. The number of benzene rings is 2. The van der Waals surface area contributed by atoms with Gasteiger partial charge < -0.3 is 10.2 Å². The first kappa shape index (κ1) is 14.6. The van der Waals surface area contributed by atoms with Crippen molar-refractivity contribution < 1.29 is 19.8 Å². The summed E-state index contributed by atoms with van der Waals surface area (Å²) in [5, 5.41) is 19.3. The van der Waals surface area contributed by atoms with Gasteiger partial charge in [-0.3, -0.25) is 9.69 Å². The third kappa shape index (κ3) is 2.86. The fraction of sp³-hybridized carbons (Fsp3) is 0.125. The van der Waals surface area contributed by atoms with Crippen molar-refractivity contribution in [3.63, 3.8) is 0 Å². The van der Waals surface area contributed by atoms with E-state index in [2.05, 4.69) is 0 Å². The third-order valence-corrected chi connectivity index (χ3v) is 3.05. The second-order valence-corrected chi connectivity index (χ2v) is 4.39. The fourth-order valence-electron chi connectivity index (χ4n) is 2.06. The Kier molecular flexibility index (Phi) is 4.23. The van der Waals surface area contributed by atoms with E-state index in [1.807, 2.05) is 0 Å². The molecule has 2 rings (SSSR count). The molecule has 0 spiro atoms. The van der Waals surface area contributed by atoms with Crippen LogP contribution in [0.2, 0.25) is 0 Å². The van der Waals surface area contributed by atoms with E-state index in [9.17, 15) is 19.8 Å². The summed E-state index contributed by atoms with van der Waals surface area (Å²) in [6.45, 7) is 1.68. The number of carboxylic acids is 1. The predicted molar refractivity (Wildman–Crippen MR) is 78.9 cm³/mol. The van der Waals surface area contributed by atoms with Crippen molar-refractivity contribution in [2.75, 3.05) is 4.90 Å². The molecule has 2 aromatic carbocycles. The van der Waals surface area contributed by atoms with Gasteiger partial charge in [-0.05, 0) is 24.3 Å². The van der Waals surface area contributed by atoms with Crippen molar-refractivity contribution >= 4 is 23.3 Å². The number of aromatic hydroxyl groups is 1. The Bertz CT molecular complexity index is 681. The number of amides is 1. The minimum absolute atomic E-state index is 0.00236. The van der Waals surface area contributed by atoms with Gasteiger partial charge >= 0.3 is 5.97 Å². The normalized spacial score (nSPS) is 10.1. The largest absolute Gasteiger partial charge is 0.506 e. The molecule has 21 heavy (non-hydrogen) atoms. The number of rotatable bonds is 4. The van der Waals surface area contributed by atoms with Gasteiger partial charge in [-0.25, -0.2) is 4.79 Å². The monoisotopic (exact) mass is 285 g/mol. The zero-order valence-corrected chi connectivity index (χ0v) is 11.5. The van der Waals surface area contributed by atoms with E-state index in [1.165, 1.54) is 17.0 Å². The molecule has 0 aliphatic rings. The maximum Gasteiger partial charge on any atom is 0.337 e. The molecule has 108 valence electrons. The Hall–Kier alpha value is -2.82. The third-order valence-electron chi connectivity index (χ3n) is 3.05. The Labute approximate surface area is 122 Å². The van der Waals surface area contributed by atoms with Crippen molar-refractivity contribution in [2.24, 2.45) is 0 Å². The van der Waals surface area contributed by atoms with E-state index in [4.69, 9.17) is 0 Å². The second kappa shape index (κ2) is 6.09. The summed E-state index contributed by atoms with van der Waals surface area (Å²) in [6.07, 6.45) is 0.183. The molecule has 0 unspecified atom stereocenters. The van der Waals surface area contributed by atoms with Crippen LogP contribution in [0.4, 0.5) is 11.4 Å². The molecule has 5 nitrogen and oxygen atoms in total. The Morgan fingerprint density at radius 1 is 1.00 bits per heavy atom. The van der Waals surface area contributed by atoms with E-state index in [0.29, 0.717) is 0 Å². The molecule has 0 aliphatic carbocycles. The summed E-state index contributed by atoms with van der Waals surface area (Å²) in [4.78, 5) is 24.8. The zero-order chi connectivity index (χ0) is 15.4. The van der Waals surface area contributed by atoms with Gasteiger partial charge in [-0.2, -0.15) is 0 Å². The number of hydrogen-bond donors (Lipinski definition) is 2. The lowest BCUT2D eigenvalue weighted by Crippen LogP contribution is -2.26. The van der Waals surface area contributed by atoms with E-state index in [0.717, 1.165) is 0 Å².